The van der Waals surface area contributed by atoms with Crippen LogP contribution in [0.4, 0.5) is 0 Å². The number of nitrogens with zero attached hydrogens (tertiary/aromatic N) is 1. The fourth-order valence-electron chi connectivity index (χ4n) is 3.33. The minimum atomic E-state index is -0.174. The van der Waals surface area contributed by atoms with E-state index in [2.05, 4.69) is 24.4 Å². The van der Waals surface area contributed by atoms with E-state index in [0.29, 0.717) is 13.0 Å². The van der Waals surface area contributed by atoms with E-state index in [1.165, 1.54) is 11.1 Å². The summed E-state index contributed by atoms with van der Waals surface area (Å²) in [7, 11) is 0. The number of amides is 2. The van der Waals surface area contributed by atoms with Gasteiger partial charge in [-0.3, -0.25) is 9.59 Å². The van der Waals surface area contributed by atoms with Crippen LogP contribution in [0.1, 0.15) is 36.4 Å². The van der Waals surface area contributed by atoms with Crippen LogP contribution in [0.25, 0.3) is 0 Å². The second-order valence-electron chi connectivity index (χ2n) is 5.75. The van der Waals surface area contributed by atoms with Gasteiger partial charge in [-0.05, 0) is 30.9 Å². The topological polar surface area (TPSA) is 49.4 Å². The number of rotatable bonds is 2. The lowest BCUT2D eigenvalue weighted by molar-refractivity contribution is -0.136. The molecule has 2 atom stereocenters. The number of benzene rings is 1. The average Bonchev–Trinajstić information content (AvgIpc) is 3.07. The minimum Gasteiger partial charge on any atom is -0.355 e. The molecule has 2 fully saturated rings. The number of nitrogens with one attached hydrogen (secondary N) is 1. The van der Waals surface area contributed by atoms with Crippen LogP contribution in [0, 0.1) is 12.8 Å². The van der Waals surface area contributed by atoms with E-state index in [4.69, 9.17) is 0 Å². The standard InChI is InChI=1S/C16H20N2O2/c1-11-5-2-3-6-13(11)14-7-4-8-18(14)16(20)12-9-15(19)17-10-12/h2-3,5-6,12,14H,4,7-10H2,1H3,(H,17,19). The molecular formula is C16H20N2O2. The van der Waals surface area contributed by atoms with Crippen molar-refractivity contribution in [1.29, 1.82) is 0 Å². The normalized spacial score (nSPS) is 25.9. The third-order valence-electron chi connectivity index (χ3n) is 4.41. The Morgan fingerprint density at radius 3 is 2.85 bits per heavy atom. The fourth-order valence-corrected chi connectivity index (χ4v) is 3.33. The molecule has 106 valence electrons. The van der Waals surface area contributed by atoms with Gasteiger partial charge in [0, 0.05) is 19.5 Å². The van der Waals surface area contributed by atoms with Crippen LogP contribution in [0.3, 0.4) is 0 Å². The molecule has 2 aliphatic heterocycles. The zero-order valence-electron chi connectivity index (χ0n) is 11.8. The summed E-state index contributed by atoms with van der Waals surface area (Å²) in [4.78, 5) is 25.9. The highest BCUT2D eigenvalue weighted by molar-refractivity contribution is 5.89. The zero-order valence-corrected chi connectivity index (χ0v) is 11.8. The van der Waals surface area contributed by atoms with Crippen molar-refractivity contribution in [3.63, 3.8) is 0 Å². The Kier molecular flexibility index (Phi) is 3.47. The number of likely N-dealkylation sites (tertiary alicyclic amines) is 1. The van der Waals surface area contributed by atoms with Crippen LogP contribution in [0.5, 0.6) is 0 Å². The number of carbonyl (C=O) groups is 2. The van der Waals surface area contributed by atoms with E-state index in [9.17, 15) is 9.59 Å². The molecule has 0 saturated carbocycles. The highest BCUT2D eigenvalue weighted by Gasteiger charge is 2.37. The summed E-state index contributed by atoms with van der Waals surface area (Å²) < 4.78 is 0. The molecule has 0 aromatic heterocycles. The Hall–Kier alpha value is -1.84. The quantitative estimate of drug-likeness (QED) is 0.892. The van der Waals surface area contributed by atoms with Crippen molar-refractivity contribution in [2.75, 3.05) is 13.1 Å². The van der Waals surface area contributed by atoms with Gasteiger partial charge in [-0.2, -0.15) is 0 Å². The molecule has 0 aliphatic carbocycles. The van der Waals surface area contributed by atoms with Crippen molar-refractivity contribution >= 4 is 11.8 Å². The first-order valence-corrected chi connectivity index (χ1v) is 7.29. The first-order chi connectivity index (χ1) is 9.66. The maximum Gasteiger partial charge on any atom is 0.228 e. The van der Waals surface area contributed by atoms with Gasteiger partial charge in [-0.1, -0.05) is 24.3 Å². The Labute approximate surface area is 119 Å². The minimum absolute atomic E-state index is 0.00464. The van der Waals surface area contributed by atoms with Crippen molar-refractivity contribution in [3.8, 4) is 0 Å². The Balaban J connectivity index is 1.81. The Morgan fingerprint density at radius 2 is 2.15 bits per heavy atom. The zero-order chi connectivity index (χ0) is 14.1. The lowest BCUT2D eigenvalue weighted by Crippen LogP contribution is -2.36. The van der Waals surface area contributed by atoms with Gasteiger partial charge in [0.05, 0.1) is 12.0 Å². The van der Waals surface area contributed by atoms with Gasteiger partial charge in [0.15, 0.2) is 0 Å². The van der Waals surface area contributed by atoms with E-state index in [-0.39, 0.29) is 23.8 Å². The molecule has 2 amide bonds. The molecule has 1 N–H and O–H groups in total. The molecule has 2 heterocycles. The monoisotopic (exact) mass is 272 g/mol. The van der Waals surface area contributed by atoms with Crippen LogP contribution < -0.4 is 5.32 Å². The highest BCUT2D eigenvalue weighted by Crippen LogP contribution is 2.35. The second-order valence-corrected chi connectivity index (χ2v) is 5.75. The summed E-state index contributed by atoms with van der Waals surface area (Å²) in [6, 6.07) is 8.45. The van der Waals surface area contributed by atoms with E-state index in [1.54, 1.807) is 0 Å². The van der Waals surface area contributed by atoms with Crippen molar-refractivity contribution in [2.45, 2.75) is 32.2 Å². The summed E-state index contributed by atoms with van der Waals surface area (Å²) in [5.41, 5.74) is 2.48. The molecule has 1 aromatic carbocycles. The lowest BCUT2D eigenvalue weighted by atomic mass is 9.98. The first-order valence-electron chi connectivity index (χ1n) is 7.29. The SMILES string of the molecule is Cc1ccccc1C1CCCN1C(=O)C1CNC(=O)C1. The number of hydrogen-bond donors (Lipinski definition) is 1. The smallest absolute Gasteiger partial charge is 0.228 e. The molecule has 0 radical (unpaired) electrons. The number of carbonyl (C=O) groups excluding carboxylic acids is 2. The molecule has 4 heteroatoms. The molecule has 0 bridgehead atoms. The molecule has 20 heavy (non-hydrogen) atoms. The van der Waals surface area contributed by atoms with Crippen molar-refractivity contribution in [2.24, 2.45) is 5.92 Å². The van der Waals surface area contributed by atoms with Gasteiger partial charge in [0.1, 0.15) is 0 Å². The van der Waals surface area contributed by atoms with Gasteiger partial charge >= 0.3 is 0 Å². The van der Waals surface area contributed by atoms with Crippen molar-refractivity contribution in [3.05, 3.63) is 35.4 Å². The van der Waals surface area contributed by atoms with Crippen LogP contribution in [0.15, 0.2) is 24.3 Å². The van der Waals surface area contributed by atoms with Crippen LogP contribution in [-0.2, 0) is 9.59 Å². The van der Waals surface area contributed by atoms with Gasteiger partial charge in [-0.25, -0.2) is 0 Å². The molecule has 0 spiro atoms. The van der Waals surface area contributed by atoms with Gasteiger partial charge < -0.3 is 10.2 Å². The van der Waals surface area contributed by atoms with Crippen molar-refractivity contribution in [1.82, 2.24) is 10.2 Å². The summed E-state index contributed by atoms with van der Waals surface area (Å²) in [6.45, 7) is 3.40. The summed E-state index contributed by atoms with van der Waals surface area (Å²) in [5.74, 6) is -0.0452. The average molecular weight is 272 g/mol. The van der Waals surface area contributed by atoms with Crippen LogP contribution >= 0.6 is 0 Å². The van der Waals surface area contributed by atoms with Crippen molar-refractivity contribution < 1.29 is 9.59 Å². The lowest BCUT2D eigenvalue weighted by Gasteiger charge is -2.28. The first kappa shape index (κ1) is 13.2. The van der Waals surface area contributed by atoms with Gasteiger partial charge in [0.25, 0.3) is 0 Å². The predicted molar refractivity (Wildman–Crippen MR) is 76.0 cm³/mol. The summed E-state index contributed by atoms with van der Waals surface area (Å²) in [5, 5.41) is 2.75. The van der Waals surface area contributed by atoms with E-state index < -0.39 is 0 Å². The Morgan fingerprint density at radius 1 is 1.35 bits per heavy atom. The Bertz CT molecular complexity index is 541. The summed E-state index contributed by atoms with van der Waals surface area (Å²) in [6.07, 6.45) is 2.40. The molecule has 4 nitrogen and oxygen atoms in total. The fraction of sp³-hybridized carbons (Fsp3) is 0.500. The molecule has 2 saturated heterocycles. The maximum absolute atomic E-state index is 12.6. The molecule has 2 unspecified atom stereocenters. The maximum atomic E-state index is 12.6. The largest absolute Gasteiger partial charge is 0.355 e. The third-order valence-corrected chi connectivity index (χ3v) is 4.41. The highest BCUT2D eigenvalue weighted by atomic mass is 16.2. The van der Waals surface area contributed by atoms with E-state index >= 15 is 0 Å². The predicted octanol–water partition coefficient (Wildman–Crippen LogP) is 1.79. The van der Waals surface area contributed by atoms with Crippen LogP contribution in [-0.4, -0.2) is 29.8 Å². The number of hydrogen-bond acceptors (Lipinski definition) is 2. The van der Waals surface area contributed by atoms with Gasteiger partial charge in [0.2, 0.25) is 11.8 Å². The molecular weight excluding hydrogens is 252 g/mol. The third kappa shape index (κ3) is 2.30. The van der Waals surface area contributed by atoms with Crippen LogP contribution in [0.2, 0.25) is 0 Å². The number of aryl methyl sites for hydroxylation is 1. The molecule has 2 aliphatic rings. The van der Waals surface area contributed by atoms with E-state index in [1.807, 2.05) is 17.0 Å². The van der Waals surface area contributed by atoms with Gasteiger partial charge in [-0.15, -0.1) is 0 Å². The van der Waals surface area contributed by atoms with E-state index in [0.717, 1.165) is 19.4 Å². The summed E-state index contributed by atoms with van der Waals surface area (Å²) >= 11 is 0. The molecule has 1 aromatic rings. The second kappa shape index (κ2) is 5.27. The molecule has 3 rings (SSSR count).